The molecule has 1 fully saturated rings. The lowest BCUT2D eigenvalue weighted by Gasteiger charge is -2.21. The average Bonchev–Trinajstić information content (AvgIpc) is 2.77. The fourth-order valence-corrected chi connectivity index (χ4v) is 3.79. The minimum absolute atomic E-state index is 0.0371. The van der Waals surface area contributed by atoms with Crippen LogP contribution in [0.1, 0.15) is 6.42 Å². The molecule has 0 bridgehead atoms. The molecule has 10 heteroatoms. The third-order valence-electron chi connectivity index (χ3n) is 3.40. The number of urea groups is 1. The zero-order chi connectivity index (χ0) is 16.2. The number of amides is 2. The number of rotatable bonds is 4. The first-order valence-electron chi connectivity index (χ1n) is 7.02. The Balaban J connectivity index is 2.02. The van der Waals surface area contributed by atoms with Crippen LogP contribution in [0, 0.1) is 0 Å². The number of aromatic nitrogens is 2. The molecule has 22 heavy (non-hydrogen) atoms. The van der Waals surface area contributed by atoms with Crippen molar-refractivity contribution in [3.63, 3.8) is 0 Å². The van der Waals surface area contributed by atoms with Crippen LogP contribution in [0.15, 0.2) is 17.6 Å². The van der Waals surface area contributed by atoms with Gasteiger partial charge in [0.15, 0.2) is 5.03 Å². The zero-order valence-electron chi connectivity index (χ0n) is 12.4. The molecule has 0 radical (unpaired) electrons. The normalized spacial score (nSPS) is 17.3. The maximum Gasteiger partial charge on any atom is 0.317 e. The van der Waals surface area contributed by atoms with E-state index in [2.05, 4.69) is 10.3 Å². The van der Waals surface area contributed by atoms with Crippen LogP contribution in [-0.2, 0) is 17.1 Å². The molecule has 0 aliphatic carbocycles. The first-order chi connectivity index (χ1) is 10.4. The Bertz CT molecular complexity index is 618. The van der Waals surface area contributed by atoms with Gasteiger partial charge in [0.25, 0.3) is 10.0 Å². The second-order valence-electron chi connectivity index (χ2n) is 5.04. The van der Waals surface area contributed by atoms with Crippen molar-refractivity contribution in [2.45, 2.75) is 11.4 Å². The number of hydrogen-bond acceptors (Lipinski definition) is 4. The minimum atomic E-state index is -3.61. The number of nitrogens with zero attached hydrogens (tertiary/aromatic N) is 4. The Hall–Kier alpha value is -1.32. The Morgan fingerprint density at radius 3 is 2.77 bits per heavy atom. The monoisotopic (exact) mass is 349 g/mol. The molecule has 1 N–H and O–H groups in total. The number of carbonyl (C=O) groups is 1. The molecule has 2 heterocycles. The highest BCUT2D eigenvalue weighted by atomic mass is 35.5. The molecule has 2 amide bonds. The van der Waals surface area contributed by atoms with Crippen molar-refractivity contribution in [1.82, 2.24) is 24.1 Å². The summed E-state index contributed by atoms with van der Waals surface area (Å²) in [5.41, 5.74) is 0. The standard InChI is InChI=1S/C12H20ClN5O3S/c1-16-9-11(15-10-16)22(20,21)18-6-2-5-17(7-8-18)12(19)14-4-3-13/h9-10H,2-8H2,1H3,(H,14,19). The number of nitrogens with one attached hydrogen (secondary N) is 1. The highest BCUT2D eigenvalue weighted by molar-refractivity contribution is 7.89. The van der Waals surface area contributed by atoms with Crippen LogP contribution in [0.5, 0.6) is 0 Å². The van der Waals surface area contributed by atoms with Crippen molar-refractivity contribution in [1.29, 1.82) is 0 Å². The van der Waals surface area contributed by atoms with Crippen LogP contribution in [0.3, 0.4) is 0 Å². The van der Waals surface area contributed by atoms with Gasteiger partial charge in [-0.1, -0.05) is 0 Å². The third-order valence-corrected chi connectivity index (χ3v) is 5.37. The predicted octanol–water partition coefficient (Wildman–Crippen LogP) is 0.0649. The van der Waals surface area contributed by atoms with Gasteiger partial charge >= 0.3 is 6.03 Å². The largest absolute Gasteiger partial charge is 0.339 e. The van der Waals surface area contributed by atoms with E-state index in [0.29, 0.717) is 38.5 Å². The number of alkyl halides is 1. The second kappa shape index (κ2) is 7.30. The number of sulfonamides is 1. The number of aryl methyl sites for hydroxylation is 1. The molecule has 1 aromatic rings. The lowest BCUT2D eigenvalue weighted by molar-refractivity contribution is 0.201. The number of hydrogen-bond donors (Lipinski definition) is 1. The van der Waals surface area contributed by atoms with E-state index in [4.69, 9.17) is 11.6 Å². The number of carbonyl (C=O) groups excluding carboxylic acids is 1. The summed E-state index contributed by atoms with van der Waals surface area (Å²) in [5.74, 6) is 0.347. The first kappa shape index (κ1) is 17.0. The van der Waals surface area contributed by atoms with Crippen molar-refractivity contribution >= 4 is 27.7 Å². The van der Waals surface area contributed by atoms with Crippen LogP contribution in [0.2, 0.25) is 0 Å². The van der Waals surface area contributed by atoms with Gasteiger partial charge in [-0.3, -0.25) is 0 Å². The fourth-order valence-electron chi connectivity index (χ4n) is 2.26. The predicted molar refractivity (Wildman–Crippen MR) is 82.3 cm³/mol. The van der Waals surface area contributed by atoms with E-state index in [1.54, 1.807) is 16.5 Å². The molecular weight excluding hydrogens is 330 g/mol. The van der Waals surface area contributed by atoms with Gasteiger partial charge in [-0.05, 0) is 6.42 Å². The topological polar surface area (TPSA) is 87.5 Å². The smallest absolute Gasteiger partial charge is 0.317 e. The van der Waals surface area contributed by atoms with Crippen LogP contribution in [0.4, 0.5) is 4.79 Å². The minimum Gasteiger partial charge on any atom is -0.339 e. The van der Waals surface area contributed by atoms with Crippen LogP contribution in [0.25, 0.3) is 0 Å². The maximum atomic E-state index is 12.5. The Kier molecular flexibility index (Phi) is 5.65. The Labute approximate surface area is 135 Å². The lowest BCUT2D eigenvalue weighted by atomic mass is 10.4. The van der Waals surface area contributed by atoms with Gasteiger partial charge in [0, 0.05) is 51.8 Å². The molecule has 1 aliphatic heterocycles. The molecule has 0 unspecified atom stereocenters. The Morgan fingerprint density at radius 2 is 2.14 bits per heavy atom. The number of imidazole rings is 1. The van der Waals surface area contributed by atoms with Crippen molar-refractivity contribution in [3.8, 4) is 0 Å². The second-order valence-corrected chi connectivity index (χ2v) is 7.31. The van der Waals surface area contributed by atoms with Gasteiger partial charge in [-0.15, -0.1) is 11.6 Å². The first-order valence-corrected chi connectivity index (χ1v) is 8.99. The fraction of sp³-hybridized carbons (Fsp3) is 0.667. The molecule has 8 nitrogen and oxygen atoms in total. The van der Waals surface area contributed by atoms with Gasteiger partial charge < -0.3 is 14.8 Å². The summed E-state index contributed by atoms with van der Waals surface area (Å²) in [6.45, 7) is 1.89. The van der Waals surface area contributed by atoms with E-state index in [1.165, 1.54) is 16.8 Å². The summed E-state index contributed by atoms with van der Waals surface area (Å²) in [5, 5.41) is 2.73. The summed E-state index contributed by atoms with van der Waals surface area (Å²) >= 11 is 5.54. The van der Waals surface area contributed by atoms with E-state index in [-0.39, 0.29) is 17.6 Å². The van der Waals surface area contributed by atoms with Gasteiger partial charge in [-0.2, -0.15) is 4.31 Å². The molecule has 1 aliphatic rings. The van der Waals surface area contributed by atoms with Gasteiger partial charge in [0.05, 0.1) is 6.33 Å². The van der Waals surface area contributed by atoms with Gasteiger partial charge in [0.2, 0.25) is 0 Å². The third kappa shape index (κ3) is 3.90. The maximum absolute atomic E-state index is 12.5. The molecule has 1 saturated heterocycles. The van der Waals surface area contributed by atoms with Crippen molar-refractivity contribution in [3.05, 3.63) is 12.5 Å². The van der Waals surface area contributed by atoms with Crippen LogP contribution < -0.4 is 5.32 Å². The molecule has 2 rings (SSSR count). The number of halogens is 1. The highest BCUT2D eigenvalue weighted by Crippen LogP contribution is 2.15. The quantitative estimate of drug-likeness (QED) is 0.779. The van der Waals surface area contributed by atoms with Gasteiger partial charge in [-0.25, -0.2) is 18.2 Å². The van der Waals surface area contributed by atoms with Crippen molar-refractivity contribution in [2.75, 3.05) is 38.6 Å². The van der Waals surface area contributed by atoms with E-state index in [0.717, 1.165) is 0 Å². The van der Waals surface area contributed by atoms with E-state index >= 15 is 0 Å². The molecule has 1 aromatic heterocycles. The molecule has 0 spiro atoms. The molecular formula is C12H20ClN5O3S. The van der Waals surface area contributed by atoms with Crippen LogP contribution in [-0.4, -0.2) is 71.8 Å². The van der Waals surface area contributed by atoms with Crippen molar-refractivity contribution < 1.29 is 13.2 Å². The summed E-state index contributed by atoms with van der Waals surface area (Å²) in [4.78, 5) is 17.4. The zero-order valence-corrected chi connectivity index (χ0v) is 14.0. The summed E-state index contributed by atoms with van der Waals surface area (Å²) in [6.07, 6.45) is 3.52. The summed E-state index contributed by atoms with van der Waals surface area (Å²) in [7, 11) is -1.89. The van der Waals surface area contributed by atoms with Crippen molar-refractivity contribution in [2.24, 2.45) is 7.05 Å². The van der Waals surface area contributed by atoms with E-state index in [9.17, 15) is 13.2 Å². The van der Waals surface area contributed by atoms with E-state index < -0.39 is 10.0 Å². The lowest BCUT2D eigenvalue weighted by Crippen LogP contribution is -2.43. The molecule has 0 aromatic carbocycles. The van der Waals surface area contributed by atoms with Crippen LogP contribution >= 0.6 is 11.6 Å². The molecule has 0 atom stereocenters. The van der Waals surface area contributed by atoms with Gasteiger partial charge in [0.1, 0.15) is 0 Å². The Morgan fingerprint density at radius 1 is 1.36 bits per heavy atom. The molecule has 0 saturated carbocycles. The summed E-state index contributed by atoms with van der Waals surface area (Å²) in [6, 6.07) is -0.210. The average molecular weight is 350 g/mol. The summed E-state index contributed by atoms with van der Waals surface area (Å²) < 4.78 is 28.0. The SMILES string of the molecule is Cn1cnc(S(=O)(=O)N2CCCN(C(=O)NCCCl)CC2)c1. The molecule has 124 valence electrons. The van der Waals surface area contributed by atoms with E-state index in [1.807, 2.05) is 0 Å². The highest BCUT2D eigenvalue weighted by Gasteiger charge is 2.29.